The van der Waals surface area contributed by atoms with E-state index in [-0.39, 0.29) is 0 Å². The molecule has 2 aromatic rings. The number of nitrogens with one attached hydrogen (secondary N) is 1. The summed E-state index contributed by atoms with van der Waals surface area (Å²) in [7, 11) is 0. The molecule has 0 bridgehead atoms. The molecule has 0 aliphatic carbocycles. The van der Waals surface area contributed by atoms with Gasteiger partial charge >= 0.3 is 0 Å². The van der Waals surface area contributed by atoms with E-state index in [0.29, 0.717) is 0 Å². The standard InChI is InChI=1S/C20H30ClN7/c1-3-9-22-20(23-10-11-28-16-24-25-19(28)4-2)27-14-12-26(13-15-27)18-8-6-5-7-17(18)21/h5-8,16H,3-4,9-15H2,1-2H3,(H,22,23). The molecule has 2 heterocycles. The molecule has 8 heteroatoms. The molecular formula is C20H30ClN7. The molecule has 0 radical (unpaired) electrons. The Kier molecular flexibility index (Phi) is 7.54. The number of rotatable bonds is 7. The Morgan fingerprint density at radius 1 is 1.18 bits per heavy atom. The van der Waals surface area contributed by atoms with Crippen molar-refractivity contribution in [1.82, 2.24) is 25.0 Å². The summed E-state index contributed by atoms with van der Waals surface area (Å²) in [5.74, 6) is 2.01. The summed E-state index contributed by atoms with van der Waals surface area (Å²) in [5.41, 5.74) is 1.11. The topological polar surface area (TPSA) is 61.6 Å². The lowest BCUT2D eigenvalue weighted by Crippen LogP contribution is -2.53. The highest BCUT2D eigenvalue weighted by Gasteiger charge is 2.21. The molecule has 152 valence electrons. The highest BCUT2D eigenvalue weighted by atomic mass is 35.5. The maximum atomic E-state index is 6.36. The minimum absolute atomic E-state index is 0.804. The zero-order chi connectivity index (χ0) is 19.8. The average molecular weight is 404 g/mol. The summed E-state index contributed by atoms with van der Waals surface area (Å²) < 4.78 is 2.10. The first-order valence-electron chi connectivity index (χ1n) is 10.1. The van der Waals surface area contributed by atoms with Gasteiger partial charge in [-0.2, -0.15) is 0 Å². The van der Waals surface area contributed by atoms with Crippen LogP contribution in [-0.4, -0.2) is 64.9 Å². The van der Waals surface area contributed by atoms with Gasteiger partial charge in [0.2, 0.25) is 0 Å². The molecule has 0 amide bonds. The second kappa shape index (κ2) is 10.3. The normalized spacial score (nSPS) is 15.2. The lowest BCUT2D eigenvalue weighted by molar-refractivity contribution is 0.370. The Balaban J connectivity index is 1.56. The minimum Gasteiger partial charge on any atom is -0.367 e. The van der Waals surface area contributed by atoms with E-state index in [0.717, 1.165) is 81.1 Å². The smallest absolute Gasteiger partial charge is 0.194 e. The van der Waals surface area contributed by atoms with Crippen LogP contribution in [0.1, 0.15) is 26.1 Å². The fourth-order valence-corrected chi connectivity index (χ4v) is 3.64. The molecule has 1 aliphatic heterocycles. The van der Waals surface area contributed by atoms with Crippen molar-refractivity contribution in [3.63, 3.8) is 0 Å². The van der Waals surface area contributed by atoms with Crippen molar-refractivity contribution in [3.05, 3.63) is 41.4 Å². The van der Waals surface area contributed by atoms with E-state index in [1.165, 1.54) is 0 Å². The van der Waals surface area contributed by atoms with Crippen LogP contribution in [0.25, 0.3) is 0 Å². The van der Waals surface area contributed by atoms with E-state index < -0.39 is 0 Å². The van der Waals surface area contributed by atoms with Gasteiger partial charge in [-0.05, 0) is 18.6 Å². The lowest BCUT2D eigenvalue weighted by atomic mass is 10.2. The molecule has 1 aromatic carbocycles. The van der Waals surface area contributed by atoms with Crippen molar-refractivity contribution in [2.75, 3.05) is 44.2 Å². The number of para-hydroxylation sites is 1. The second-order valence-corrected chi connectivity index (χ2v) is 7.26. The molecule has 1 saturated heterocycles. The Labute approximate surface area is 172 Å². The molecule has 0 spiro atoms. The minimum atomic E-state index is 0.804. The van der Waals surface area contributed by atoms with Gasteiger partial charge in [-0.3, -0.25) is 4.99 Å². The average Bonchev–Trinajstić information content (AvgIpc) is 3.19. The van der Waals surface area contributed by atoms with Gasteiger partial charge < -0.3 is 19.7 Å². The van der Waals surface area contributed by atoms with E-state index in [1.54, 1.807) is 6.33 Å². The van der Waals surface area contributed by atoms with Gasteiger partial charge in [0.15, 0.2) is 5.96 Å². The van der Waals surface area contributed by atoms with Gasteiger partial charge in [-0.25, -0.2) is 0 Å². The molecule has 3 rings (SSSR count). The molecule has 1 aromatic heterocycles. The largest absolute Gasteiger partial charge is 0.367 e. The molecule has 0 saturated carbocycles. The predicted octanol–water partition coefficient (Wildman–Crippen LogP) is 2.67. The lowest BCUT2D eigenvalue weighted by Gasteiger charge is -2.38. The number of hydrogen-bond donors (Lipinski definition) is 1. The van der Waals surface area contributed by atoms with Crippen LogP contribution in [0, 0.1) is 0 Å². The quantitative estimate of drug-likeness (QED) is 0.568. The third kappa shape index (κ3) is 5.16. The van der Waals surface area contributed by atoms with Crippen molar-refractivity contribution < 1.29 is 0 Å². The molecular weight excluding hydrogens is 374 g/mol. The van der Waals surface area contributed by atoms with Crippen molar-refractivity contribution >= 4 is 23.2 Å². The van der Waals surface area contributed by atoms with Crippen molar-refractivity contribution in [2.45, 2.75) is 33.2 Å². The summed E-state index contributed by atoms with van der Waals surface area (Å²) in [4.78, 5) is 9.48. The summed E-state index contributed by atoms with van der Waals surface area (Å²) >= 11 is 6.36. The third-order valence-electron chi connectivity index (χ3n) is 4.91. The summed E-state index contributed by atoms with van der Waals surface area (Å²) in [5, 5.41) is 12.5. The SMILES string of the molecule is CCCN=C(NCCn1cnnc1CC)N1CCN(c2ccccc2Cl)CC1. The van der Waals surface area contributed by atoms with Crippen molar-refractivity contribution in [1.29, 1.82) is 0 Å². The Hall–Kier alpha value is -2.28. The maximum Gasteiger partial charge on any atom is 0.194 e. The van der Waals surface area contributed by atoms with Gasteiger partial charge in [-0.15, -0.1) is 10.2 Å². The number of aromatic nitrogens is 3. The van der Waals surface area contributed by atoms with E-state index in [9.17, 15) is 0 Å². The predicted molar refractivity (Wildman–Crippen MR) is 115 cm³/mol. The molecule has 1 N–H and O–H groups in total. The van der Waals surface area contributed by atoms with E-state index >= 15 is 0 Å². The van der Waals surface area contributed by atoms with Crippen LogP contribution in [0.5, 0.6) is 0 Å². The summed E-state index contributed by atoms with van der Waals surface area (Å²) in [6, 6.07) is 8.06. The van der Waals surface area contributed by atoms with Crippen LogP contribution in [0.2, 0.25) is 5.02 Å². The highest BCUT2D eigenvalue weighted by molar-refractivity contribution is 6.33. The number of piperazine rings is 1. The Morgan fingerprint density at radius 2 is 1.96 bits per heavy atom. The van der Waals surface area contributed by atoms with Crippen LogP contribution in [-0.2, 0) is 13.0 Å². The molecule has 1 fully saturated rings. The summed E-state index contributed by atoms with van der Waals surface area (Å²) in [6.07, 6.45) is 3.72. The summed E-state index contributed by atoms with van der Waals surface area (Å²) in [6.45, 7) is 10.4. The molecule has 0 atom stereocenters. The van der Waals surface area contributed by atoms with Gasteiger partial charge in [-0.1, -0.05) is 37.6 Å². The van der Waals surface area contributed by atoms with Gasteiger partial charge in [0.05, 0.1) is 10.7 Å². The van der Waals surface area contributed by atoms with Crippen LogP contribution in [0.15, 0.2) is 35.6 Å². The monoisotopic (exact) mass is 403 g/mol. The zero-order valence-corrected chi connectivity index (χ0v) is 17.6. The van der Waals surface area contributed by atoms with E-state index in [2.05, 4.69) is 49.8 Å². The highest BCUT2D eigenvalue weighted by Crippen LogP contribution is 2.26. The first-order chi connectivity index (χ1) is 13.7. The van der Waals surface area contributed by atoms with Gasteiger partial charge in [0.25, 0.3) is 0 Å². The van der Waals surface area contributed by atoms with Gasteiger partial charge in [0.1, 0.15) is 12.2 Å². The zero-order valence-electron chi connectivity index (χ0n) is 16.8. The fraction of sp³-hybridized carbons (Fsp3) is 0.550. The Bertz CT molecular complexity index is 765. The van der Waals surface area contributed by atoms with Crippen molar-refractivity contribution in [3.8, 4) is 0 Å². The second-order valence-electron chi connectivity index (χ2n) is 6.85. The molecule has 7 nitrogen and oxygen atoms in total. The maximum absolute atomic E-state index is 6.36. The third-order valence-corrected chi connectivity index (χ3v) is 5.22. The van der Waals surface area contributed by atoms with E-state index in [1.807, 2.05) is 18.2 Å². The van der Waals surface area contributed by atoms with Crippen molar-refractivity contribution in [2.24, 2.45) is 4.99 Å². The number of aryl methyl sites for hydroxylation is 1. The number of benzene rings is 1. The number of hydrogen-bond acceptors (Lipinski definition) is 4. The number of aliphatic imine (C=N–C) groups is 1. The number of anilines is 1. The number of halogens is 1. The molecule has 0 unspecified atom stereocenters. The number of nitrogens with zero attached hydrogens (tertiary/aromatic N) is 6. The number of guanidine groups is 1. The fourth-order valence-electron chi connectivity index (χ4n) is 3.38. The Morgan fingerprint density at radius 3 is 2.68 bits per heavy atom. The van der Waals surface area contributed by atoms with Crippen LogP contribution < -0.4 is 10.2 Å². The first kappa shape index (κ1) is 20.5. The molecule has 28 heavy (non-hydrogen) atoms. The van der Waals surface area contributed by atoms with E-state index in [4.69, 9.17) is 16.6 Å². The van der Waals surface area contributed by atoms with Crippen LogP contribution >= 0.6 is 11.6 Å². The first-order valence-corrected chi connectivity index (χ1v) is 10.5. The van der Waals surface area contributed by atoms with Gasteiger partial charge in [0, 0.05) is 52.2 Å². The molecule has 1 aliphatic rings. The van der Waals surface area contributed by atoms with Crippen LogP contribution in [0.3, 0.4) is 0 Å². The van der Waals surface area contributed by atoms with Crippen LogP contribution in [0.4, 0.5) is 5.69 Å².